The van der Waals surface area contributed by atoms with Gasteiger partial charge in [-0.05, 0) is 50.1 Å². The fourth-order valence-electron chi connectivity index (χ4n) is 2.53. The molecule has 3 aromatic rings. The average molecular weight is 310 g/mol. The molecule has 23 heavy (non-hydrogen) atoms. The number of aryl methyl sites for hydroxylation is 2. The van der Waals surface area contributed by atoms with Gasteiger partial charge in [0.05, 0.1) is 23.8 Å². The van der Waals surface area contributed by atoms with Crippen molar-refractivity contribution >= 4 is 11.0 Å². The number of hydrogen-bond acceptors (Lipinski definition) is 4. The van der Waals surface area contributed by atoms with E-state index in [2.05, 4.69) is 46.2 Å². The van der Waals surface area contributed by atoms with Crippen LogP contribution >= 0.6 is 0 Å². The summed E-state index contributed by atoms with van der Waals surface area (Å²) in [5.74, 6) is 1.74. The van der Waals surface area contributed by atoms with Crippen molar-refractivity contribution in [2.24, 2.45) is 0 Å². The average Bonchev–Trinajstić information content (AvgIpc) is 2.96. The maximum absolute atomic E-state index is 5.79. The van der Waals surface area contributed by atoms with E-state index in [1.807, 2.05) is 19.1 Å². The molecule has 2 heterocycles. The molecule has 1 atom stereocenters. The van der Waals surface area contributed by atoms with Gasteiger partial charge in [-0.2, -0.15) is 0 Å². The topological polar surface area (TPSA) is 62.8 Å². The van der Waals surface area contributed by atoms with Crippen molar-refractivity contribution in [2.45, 2.75) is 33.4 Å². The fourth-order valence-corrected chi connectivity index (χ4v) is 2.53. The Morgan fingerprint density at radius 1 is 1.26 bits per heavy atom. The minimum absolute atomic E-state index is 0.0626. The van der Waals surface area contributed by atoms with E-state index >= 15 is 0 Å². The molecule has 0 aliphatic rings. The van der Waals surface area contributed by atoms with E-state index in [-0.39, 0.29) is 6.10 Å². The number of nitrogens with one attached hydrogen (secondary N) is 2. The number of imidazole rings is 1. The lowest BCUT2D eigenvalue weighted by atomic mass is 10.1. The summed E-state index contributed by atoms with van der Waals surface area (Å²) in [6.45, 7) is 7.68. The first kappa shape index (κ1) is 15.5. The zero-order chi connectivity index (χ0) is 16.2. The van der Waals surface area contributed by atoms with Gasteiger partial charge in [0.2, 0.25) is 0 Å². The molecule has 0 amide bonds. The second-order valence-corrected chi connectivity index (χ2v) is 5.84. The Morgan fingerprint density at radius 3 is 2.91 bits per heavy atom. The molecule has 120 valence electrons. The number of hydrogen-bond donors (Lipinski definition) is 2. The molecule has 5 heteroatoms. The summed E-state index contributed by atoms with van der Waals surface area (Å²) >= 11 is 0. The normalized spacial score (nSPS) is 12.5. The van der Waals surface area contributed by atoms with E-state index in [1.54, 1.807) is 12.4 Å². The Balaban J connectivity index is 1.55. The number of pyridine rings is 1. The van der Waals surface area contributed by atoms with Gasteiger partial charge in [0.1, 0.15) is 17.7 Å². The van der Waals surface area contributed by atoms with Crippen LogP contribution in [0.1, 0.15) is 23.9 Å². The van der Waals surface area contributed by atoms with Crippen molar-refractivity contribution in [3.8, 4) is 5.75 Å². The summed E-state index contributed by atoms with van der Waals surface area (Å²) < 4.78 is 5.79. The van der Waals surface area contributed by atoms with Gasteiger partial charge in [-0.25, -0.2) is 4.98 Å². The zero-order valence-electron chi connectivity index (χ0n) is 13.8. The Kier molecular flexibility index (Phi) is 4.57. The van der Waals surface area contributed by atoms with Crippen LogP contribution < -0.4 is 10.1 Å². The molecular weight excluding hydrogens is 288 g/mol. The van der Waals surface area contributed by atoms with Crippen LogP contribution in [-0.4, -0.2) is 27.6 Å². The van der Waals surface area contributed by atoms with E-state index in [1.165, 1.54) is 11.1 Å². The van der Waals surface area contributed by atoms with Gasteiger partial charge in [-0.1, -0.05) is 6.07 Å². The molecule has 0 radical (unpaired) electrons. The van der Waals surface area contributed by atoms with Crippen molar-refractivity contribution in [3.63, 3.8) is 0 Å². The van der Waals surface area contributed by atoms with E-state index < -0.39 is 0 Å². The molecule has 0 spiro atoms. The number of H-pyrrole nitrogens is 1. The Morgan fingerprint density at radius 2 is 2.13 bits per heavy atom. The third kappa shape index (κ3) is 3.68. The molecule has 2 N–H and O–H groups in total. The monoisotopic (exact) mass is 310 g/mol. The van der Waals surface area contributed by atoms with Crippen LogP contribution in [0.4, 0.5) is 0 Å². The first-order chi connectivity index (χ1) is 11.1. The van der Waals surface area contributed by atoms with Crippen molar-refractivity contribution in [2.75, 3.05) is 6.54 Å². The highest BCUT2D eigenvalue weighted by atomic mass is 16.5. The van der Waals surface area contributed by atoms with Gasteiger partial charge < -0.3 is 15.0 Å². The van der Waals surface area contributed by atoms with Crippen LogP contribution in [-0.2, 0) is 6.54 Å². The van der Waals surface area contributed by atoms with E-state index in [0.717, 1.165) is 29.2 Å². The Hall–Kier alpha value is -2.40. The number of rotatable bonds is 6. The molecule has 0 saturated carbocycles. The van der Waals surface area contributed by atoms with Gasteiger partial charge in [0.15, 0.2) is 0 Å². The molecule has 2 aromatic heterocycles. The quantitative estimate of drug-likeness (QED) is 0.734. The second kappa shape index (κ2) is 6.79. The predicted molar refractivity (Wildman–Crippen MR) is 91.6 cm³/mol. The van der Waals surface area contributed by atoms with Gasteiger partial charge >= 0.3 is 0 Å². The van der Waals surface area contributed by atoms with Crippen molar-refractivity contribution in [1.82, 2.24) is 20.3 Å². The summed E-state index contributed by atoms with van der Waals surface area (Å²) in [4.78, 5) is 12.1. The van der Waals surface area contributed by atoms with E-state index in [0.29, 0.717) is 6.54 Å². The van der Waals surface area contributed by atoms with Crippen molar-refractivity contribution in [1.29, 1.82) is 0 Å². The molecule has 1 aromatic carbocycles. The highest BCUT2D eigenvalue weighted by molar-refractivity contribution is 5.79. The van der Waals surface area contributed by atoms with Gasteiger partial charge in [0.25, 0.3) is 0 Å². The van der Waals surface area contributed by atoms with E-state index in [4.69, 9.17) is 4.74 Å². The first-order valence-corrected chi connectivity index (χ1v) is 7.85. The van der Waals surface area contributed by atoms with Crippen molar-refractivity contribution < 1.29 is 4.74 Å². The second-order valence-electron chi connectivity index (χ2n) is 5.84. The predicted octanol–water partition coefficient (Wildman–Crippen LogP) is 3.13. The lowest BCUT2D eigenvalue weighted by molar-refractivity contribution is 0.215. The van der Waals surface area contributed by atoms with Crippen LogP contribution in [0.5, 0.6) is 5.75 Å². The molecule has 0 saturated heterocycles. The number of benzene rings is 1. The smallest absolute Gasteiger partial charge is 0.138 e. The van der Waals surface area contributed by atoms with Crippen LogP contribution in [0.15, 0.2) is 36.7 Å². The van der Waals surface area contributed by atoms with Crippen LogP contribution in [0.25, 0.3) is 11.0 Å². The Labute approximate surface area is 136 Å². The van der Waals surface area contributed by atoms with Crippen LogP contribution in [0, 0.1) is 13.8 Å². The maximum Gasteiger partial charge on any atom is 0.138 e. The fraction of sp³-hybridized carbons (Fsp3) is 0.333. The van der Waals surface area contributed by atoms with Crippen molar-refractivity contribution in [3.05, 3.63) is 53.6 Å². The third-order valence-electron chi connectivity index (χ3n) is 3.92. The minimum atomic E-state index is 0.0626. The molecule has 0 aliphatic carbocycles. The number of ether oxygens (including phenoxy) is 1. The molecule has 0 bridgehead atoms. The third-order valence-corrected chi connectivity index (χ3v) is 3.92. The summed E-state index contributed by atoms with van der Waals surface area (Å²) in [7, 11) is 0. The minimum Gasteiger partial charge on any atom is -0.488 e. The lowest BCUT2D eigenvalue weighted by Gasteiger charge is -2.14. The molecule has 0 unspecified atom stereocenters. The summed E-state index contributed by atoms with van der Waals surface area (Å²) in [6.07, 6.45) is 3.52. The molecular formula is C18H22N4O. The van der Waals surface area contributed by atoms with E-state index in [9.17, 15) is 0 Å². The molecule has 5 nitrogen and oxygen atoms in total. The SMILES string of the molecule is Cc1ccc2[nH]c(CNC[C@H](C)Oc3cccnc3)nc2c1C. The standard InChI is InChI=1S/C18H22N4O/c1-12-6-7-16-18(14(12)3)22-17(21-16)11-20-9-13(2)23-15-5-4-8-19-10-15/h4-8,10,13,20H,9,11H2,1-3H3,(H,21,22)/t13-/m0/s1. The Bertz CT molecular complexity index is 782. The number of aromatic nitrogens is 3. The molecule has 0 aliphatic heterocycles. The van der Waals surface area contributed by atoms with Crippen LogP contribution in [0.3, 0.4) is 0 Å². The van der Waals surface area contributed by atoms with Crippen LogP contribution in [0.2, 0.25) is 0 Å². The molecule has 3 rings (SSSR count). The number of nitrogens with zero attached hydrogens (tertiary/aromatic N) is 2. The summed E-state index contributed by atoms with van der Waals surface area (Å²) in [5.41, 5.74) is 4.64. The molecule has 0 fully saturated rings. The summed E-state index contributed by atoms with van der Waals surface area (Å²) in [5, 5.41) is 3.38. The number of aromatic amines is 1. The highest BCUT2D eigenvalue weighted by Gasteiger charge is 2.08. The lowest BCUT2D eigenvalue weighted by Crippen LogP contribution is -2.28. The maximum atomic E-state index is 5.79. The highest BCUT2D eigenvalue weighted by Crippen LogP contribution is 2.19. The number of fused-ring (bicyclic) bond motifs is 1. The van der Waals surface area contributed by atoms with Gasteiger partial charge in [0, 0.05) is 12.7 Å². The first-order valence-electron chi connectivity index (χ1n) is 7.85. The van der Waals surface area contributed by atoms with Gasteiger partial charge in [-0.3, -0.25) is 4.98 Å². The summed E-state index contributed by atoms with van der Waals surface area (Å²) in [6, 6.07) is 7.99. The largest absolute Gasteiger partial charge is 0.488 e. The van der Waals surface area contributed by atoms with Gasteiger partial charge in [-0.15, -0.1) is 0 Å². The zero-order valence-corrected chi connectivity index (χ0v) is 13.8.